The summed E-state index contributed by atoms with van der Waals surface area (Å²) in [4.78, 5) is 29.2. The standard InChI is InChI=1S/C61H118N2O3/c1-5-66-59(65)60(3,4)63-54-51-49-47-45-43-41-39-37-35-33-31-29-27-25-23-21-19-17-15-13-11-9-7-6-8-10-12-14-16-18-20-22-24-26-28-30-32-34-36-38-40-42-44-46-48-50-52-61(53-55-63)56-57(2)62-58(61)64/h57H,5-56H2,1-4H3,(H,62,64). The van der Waals surface area contributed by atoms with Gasteiger partial charge in [-0.15, -0.1) is 0 Å². The van der Waals surface area contributed by atoms with E-state index in [1.807, 2.05) is 20.8 Å². The van der Waals surface area contributed by atoms with Crippen LogP contribution in [0.2, 0.25) is 0 Å². The van der Waals surface area contributed by atoms with Gasteiger partial charge >= 0.3 is 5.97 Å². The number of rotatable bonds is 3. The van der Waals surface area contributed by atoms with Crippen molar-refractivity contribution in [1.29, 1.82) is 0 Å². The molecule has 5 heteroatoms. The zero-order chi connectivity index (χ0) is 47.5. The quantitative estimate of drug-likeness (QED) is 0.287. The lowest BCUT2D eigenvalue weighted by Gasteiger charge is -2.39. The fourth-order valence-electron chi connectivity index (χ4n) is 11.7. The van der Waals surface area contributed by atoms with Crippen LogP contribution in [0, 0.1) is 5.41 Å². The van der Waals surface area contributed by atoms with Crippen LogP contribution < -0.4 is 5.32 Å². The lowest BCUT2D eigenvalue weighted by Crippen LogP contribution is -2.52. The van der Waals surface area contributed by atoms with E-state index in [2.05, 4.69) is 17.1 Å². The summed E-state index contributed by atoms with van der Waals surface area (Å²) < 4.78 is 5.60. The molecule has 0 aliphatic carbocycles. The molecule has 5 nitrogen and oxygen atoms in total. The van der Waals surface area contributed by atoms with Crippen molar-refractivity contribution in [2.75, 3.05) is 19.7 Å². The van der Waals surface area contributed by atoms with Crippen LogP contribution in [0.5, 0.6) is 0 Å². The third-order valence-electron chi connectivity index (χ3n) is 16.3. The Bertz CT molecular complexity index is 1090. The minimum Gasteiger partial charge on any atom is -0.465 e. The molecule has 66 heavy (non-hydrogen) atoms. The van der Waals surface area contributed by atoms with Crippen molar-refractivity contribution in [3.63, 3.8) is 0 Å². The van der Waals surface area contributed by atoms with Crippen LogP contribution in [-0.4, -0.2) is 48.1 Å². The Balaban J connectivity index is 1.73. The molecular weight excluding hydrogens is 809 g/mol. The monoisotopic (exact) mass is 927 g/mol. The van der Waals surface area contributed by atoms with Gasteiger partial charge in [0.15, 0.2) is 0 Å². The molecule has 1 amide bonds. The highest BCUT2D eigenvalue weighted by molar-refractivity contribution is 5.85. The Kier molecular flexibility index (Phi) is 39.5. The second kappa shape index (κ2) is 42.8. The summed E-state index contributed by atoms with van der Waals surface area (Å²) in [7, 11) is 0. The number of carbonyl (C=O) groups excluding carboxylic acids is 2. The van der Waals surface area contributed by atoms with Crippen molar-refractivity contribution >= 4 is 11.9 Å². The molecule has 2 aliphatic rings. The van der Waals surface area contributed by atoms with Gasteiger partial charge in [-0.05, 0) is 59.9 Å². The van der Waals surface area contributed by atoms with E-state index in [1.54, 1.807) is 0 Å². The average Bonchev–Trinajstić information content (AvgIpc) is 3.59. The summed E-state index contributed by atoms with van der Waals surface area (Å²) in [5, 5.41) is 3.29. The molecule has 0 saturated carbocycles. The van der Waals surface area contributed by atoms with Crippen molar-refractivity contribution < 1.29 is 14.3 Å². The van der Waals surface area contributed by atoms with Crippen molar-refractivity contribution in [3.05, 3.63) is 0 Å². The van der Waals surface area contributed by atoms with Crippen molar-refractivity contribution in [1.82, 2.24) is 10.2 Å². The molecular formula is C61H118N2O3. The van der Waals surface area contributed by atoms with Crippen LogP contribution in [0.25, 0.3) is 0 Å². The van der Waals surface area contributed by atoms with E-state index >= 15 is 0 Å². The number of nitrogens with zero attached hydrogens (tertiary/aromatic N) is 1. The predicted octanol–water partition coefficient (Wildman–Crippen LogP) is 19.3. The normalized spacial score (nSPS) is 26.2. The predicted molar refractivity (Wildman–Crippen MR) is 289 cm³/mol. The van der Waals surface area contributed by atoms with Gasteiger partial charge in [-0.1, -0.05) is 289 Å². The SMILES string of the molecule is CCOC(=O)C(C)(C)N1CCCCCCCCCCCCCCCCCCCCCCCCCCCCCCCCCCCCCCCCCCCCCCCCC2(CC1)CC(C)NC2=O. The van der Waals surface area contributed by atoms with E-state index in [-0.39, 0.29) is 23.3 Å². The number of esters is 1. The van der Waals surface area contributed by atoms with Crippen LogP contribution in [0.4, 0.5) is 0 Å². The molecule has 2 saturated heterocycles. The number of amides is 1. The maximum absolute atomic E-state index is 13.6. The largest absolute Gasteiger partial charge is 0.465 e. The highest BCUT2D eigenvalue weighted by Crippen LogP contribution is 2.40. The molecule has 2 fully saturated rings. The van der Waals surface area contributed by atoms with Gasteiger partial charge in [-0.25, -0.2) is 0 Å². The average molecular weight is 928 g/mol. The summed E-state index contributed by atoms with van der Waals surface area (Å²) in [6.45, 7) is 10.2. The Morgan fingerprint density at radius 1 is 0.455 bits per heavy atom. The second-order valence-corrected chi connectivity index (χ2v) is 22.9. The summed E-state index contributed by atoms with van der Waals surface area (Å²) in [5.41, 5.74) is -1.01. The maximum atomic E-state index is 13.6. The molecule has 0 aromatic heterocycles. The third kappa shape index (κ3) is 31.9. The molecule has 1 spiro atoms. The van der Waals surface area contributed by atoms with E-state index in [1.165, 1.54) is 283 Å². The molecule has 2 rings (SSSR count). The van der Waals surface area contributed by atoms with E-state index in [4.69, 9.17) is 4.74 Å². The van der Waals surface area contributed by atoms with Crippen molar-refractivity contribution in [3.8, 4) is 0 Å². The van der Waals surface area contributed by atoms with Crippen molar-refractivity contribution in [2.45, 2.75) is 354 Å². The van der Waals surface area contributed by atoms with Gasteiger partial charge in [0.2, 0.25) is 5.91 Å². The topological polar surface area (TPSA) is 58.6 Å². The highest BCUT2D eigenvalue weighted by Gasteiger charge is 2.46. The Morgan fingerprint density at radius 2 is 0.712 bits per heavy atom. The van der Waals surface area contributed by atoms with Crippen LogP contribution in [-0.2, 0) is 14.3 Å². The zero-order valence-corrected chi connectivity index (χ0v) is 45.5. The van der Waals surface area contributed by atoms with Gasteiger partial charge in [0.25, 0.3) is 0 Å². The number of ether oxygens (including phenoxy) is 1. The first-order chi connectivity index (χ1) is 32.3. The summed E-state index contributed by atoms with van der Waals surface area (Å²) >= 11 is 0. The van der Waals surface area contributed by atoms with Gasteiger partial charge in [-0.2, -0.15) is 0 Å². The fourth-order valence-corrected chi connectivity index (χ4v) is 11.7. The fraction of sp³-hybridized carbons (Fsp3) is 0.967. The third-order valence-corrected chi connectivity index (χ3v) is 16.3. The Labute approximate surface area is 413 Å². The van der Waals surface area contributed by atoms with E-state index in [9.17, 15) is 9.59 Å². The van der Waals surface area contributed by atoms with Crippen molar-refractivity contribution in [2.24, 2.45) is 5.41 Å². The van der Waals surface area contributed by atoms with Crippen LogP contribution in [0.3, 0.4) is 0 Å². The van der Waals surface area contributed by atoms with E-state index in [0.717, 1.165) is 45.2 Å². The zero-order valence-electron chi connectivity index (χ0n) is 45.5. The minimum absolute atomic E-state index is 0.136. The minimum atomic E-state index is -0.696. The van der Waals surface area contributed by atoms with E-state index < -0.39 is 5.54 Å². The van der Waals surface area contributed by atoms with Crippen LogP contribution >= 0.6 is 0 Å². The Hall–Kier alpha value is -1.10. The molecule has 390 valence electrons. The molecule has 0 radical (unpaired) electrons. The number of hydrogen-bond acceptors (Lipinski definition) is 4. The molecule has 2 aliphatic heterocycles. The summed E-state index contributed by atoms with van der Waals surface area (Å²) in [6, 6.07) is 0.226. The van der Waals surface area contributed by atoms with E-state index in [0.29, 0.717) is 6.61 Å². The summed E-state index contributed by atoms with van der Waals surface area (Å²) in [5.74, 6) is 0.112. The first-order valence-electron chi connectivity index (χ1n) is 30.5. The first kappa shape index (κ1) is 61.0. The van der Waals surface area contributed by atoms with Gasteiger partial charge in [-0.3, -0.25) is 14.5 Å². The molecule has 2 unspecified atom stereocenters. The Morgan fingerprint density at radius 3 is 0.955 bits per heavy atom. The smallest absolute Gasteiger partial charge is 0.325 e. The maximum Gasteiger partial charge on any atom is 0.325 e. The molecule has 0 aromatic carbocycles. The number of carbonyl (C=O) groups is 2. The van der Waals surface area contributed by atoms with Crippen LogP contribution in [0.1, 0.15) is 342 Å². The molecule has 0 aromatic rings. The number of nitrogens with one attached hydrogen (secondary N) is 1. The molecule has 2 heterocycles. The highest BCUT2D eigenvalue weighted by atomic mass is 16.5. The van der Waals surface area contributed by atoms with Gasteiger partial charge < -0.3 is 10.1 Å². The lowest BCUT2D eigenvalue weighted by atomic mass is 9.76. The molecule has 0 bridgehead atoms. The lowest BCUT2D eigenvalue weighted by molar-refractivity contribution is -0.156. The second-order valence-electron chi connectivity index (χ2n) is 22.9. The summed E-state index contributed by atoms with van der Waals surface area (Å²) in [6.07, 6.45) is 67.5. The van der Waals surface area contributed by atoms with Gasteiger partial charge in [0.1, 0.15) is 5.54 Å². The van der Waals surface area contributed by atoms with Gasteiger partial charge in [0.05, 0.1) is 12.0 Å². The van der Waals surface area contributed by atoms with Gasteiger partial charge in [0, 0.05) is 12.6 Å². The molecule has 1 N–H and O–H groups in total. The molecule has 2 atom stereocenters. The number of hydrogen-bond donors (Lipinski definition) is 1. The van der Waals surface area contributed by atoms with Crippen LogP contribution in [0.15, 0.2) is 0 Å². The first-order valence-corrected chi connectivity index (χ1v) is 30.5.